The van der Waals surface area contributed by atoms with Gasteiger partial charge in [0.1, 0.15) is 41.2 Å². The number of pyridine rings is 2. The van der Waals surface area contributed by atoms with Crippen molar-refractivity contribution in [3.05, 3.63) is 132 Å². The minimum Gasteiger partial charge on any atom is -0.418 e. The molecule has 8 aromatic rings. The van der Waals surface area contributed by atoms with Crippen molar-refractivity contribution in [2.45, 2.75) is 101 Å². The third kappa shape index (κ3) is 14.4. The largest absolute Gasteiger partial charge is 0.418 e. The second-order valence-electron chi connectivity index (χ2n) is 17.3. The molecule has 2 fully saturated rings. The number of hydrogen-bond donors (Lipinski definition) is 3. The summed E-state index contributed by atoms with van der Waals surface area (Å²) in [5.41, 5.74) is 12.9. The maximum absolute atomic E-state index is 13.2. The van der Waals surface area contributed by atoms with Crippen LogP contribution < -0.4 is 20.9 Å². The molecule has 0 amide bonds. The van der Waals surface area contributed by atoms with Gasteiger partial charge < -0.3 is 30.4 Å². The zero-order valence-electron chi connectivity index (χ0n) is 40.0. The Morgan fingerprint density at radius 3 is 1.71 bits per heavy atom. The van der Waals surface area contributed by atoms with E-state index in [0.29, 0.717) is 29.9 Å². The summed E-state index contributed by atoms with van der Waals surface area (Å²) in [5.74, 6) is -0.361. The summed E-state index contributed by atoms with van der Waals surface area (Å²) in [4.78, 5) is 23.6. The molecule has 2 aliphatic rings. The number of alkyl halides is 6. The van der Waals surface area contributed by atoms with Gasteiger partial charge in [0.15, 0.2) is 11.3 Å². The van der Waals surface area contributed by atoms with Gasteiger partial charge in [0, 0.05) is 24.5 Å². The number of benzene rings is 2. The number of aromatic amines is 1. The van der Waals surface area contributed by atoms with E-state index in [-0.39, 0.29) is 64.9 Å². The first-order chi connectivity index (χ1) is 35.9. The van der Waals surface area contributed by atoms with Crippen molar-refractivity contribution in [3.8, 4) is 23.5 Å². The Balaban J connectivity index is 0.000000160. The van der Waals surface area contributed by atoms with E-state index >= 15 is 0 Å². The monoisotopic (exact) mass is 1060 g/mol. The van der Waals surface area contributed by atoms with E-state index in [1.807, 2.05) is 60.7 Å². The maximum atomic E-state index is 13.2. The Morgan fingerprint density at radius 2 is 1.13 bits per heavy atom. The number of H-pyrrole nitrogens is 1. The van der Waals surface area contributed by atoms with E-state index in [0.717, 1.165) is 105 Å². The van der Waals surface area contributed by atoms with Gasteiger partial charge in [-0.1, -0.05) is 86.3 Å². The Kier molecular flexibility index (Phi) is 17.0. The summed E-state index contributed by atoms with van der Waals surface area (Å²) in [6.45, 7) is 0.949. The second-order valence-corrected chi connectivity index (χ2v) is 18.9. The van der Waals surface area contributed by atoms with Crippen LogP contribution in [0.15, 0.2) is 110 Å². The molecule has 2 aromatic carbocycles. The molecule has 0 aliphatic heterocycles. The second kappa shape index (κ2) is 23.8. The fourth-order valence-electron chi connectivity index (χ4n) is 8.37. The molecule has 2 aliphatic carbocycles. The minimum absolute atomic E-state index is 0.00249. The molecule has 0 saturated heterocycles. The number of nitrogens with one attached hydrogen (secondary N) is 1. The van der Waals surface area contributed by atoms with Crippen molar-refractivity contribution in [2.75, 3.05) is 17.7 Å². The van der Waals surface area contributed by atoms with Gasteiger partial charge in [-0.15, -0.1) is 10.2 Å². The van der Waals surface area contributed by atoms with E-state index in [4.69, 9.17) is 34.6 Å². The average Bonchev–Trinajstić information content (AvgIpc) is 3.98. The number of ether oxygens (including phenoxy) is 4. The molecule has 4 atom stereocenters. The summed E-state index contributed by atoms with van der Waals surface area (Å²) < 4.78 is 130. The number of nitrogens with zero attached hydrogens (tertiary/aromatic N) is 9. The summed E-state index contributed by atoms with van der Waals surface area (Å²) >= 11 is 0. The van der Waals surface area contributed by atoms with Gasteiger partial charge in [-0.3, -0.25) is 9.28 Å². The molecule has 0 radical (unpaired) electrons. The number of nitrogen functional groups attached to an aromatic ring is 2. The smallest absolute Gasteiger partial charge is 0.416 e. The molecule has 5 N–H and O–H groups in total. The number of fused-ring (bicyclic) bond motifs is 2. The highest BCUT2D eigenvalue weighted by molar-refractivity contribution is 7.86. The topological polar surface area (TPSA) is 256 Å². The van der Waals surface area contributed by atoms with Crippen molar-refractivity contribution in [1.29, 1.82) is 0 Å². The van der Waals surface area contributed by atoms with E-state index in [9.17, 15) is 34.8 Å². The molecule has 2 saturated carbocycles. The summed E-state index contributed by atoms with van der Waals surface area (Å²) in [6.07, 6.45) is 3.31. The SMILES string of the molecule is CS(=O)(=O)O[C@H]1CCCC[C@H]1OCc1ccccc1.Nc1ncnc2[nH]nc(Oc3cc(C(F)(F)F)ccn3)c12.Nc1ncnc2c1c(Oc1cc(C(F)(F)F)ccn1)nn2C1CCCC[C@H]1OCc1ccccc1. The van der Waals surface area contributed by atoms with Crippen LogP contribution in [0.5, 0.6) is 23.5 Å². The van der Waals surface area contributed by atoms with Gasteiger partial charge in [0.05, 0.1) is 48.8 Å². The predicted molar refractivity (Wildman–Crippen MR) is 260 cm³/mol. The number of halogens is 6. The molecule has 0 spiro atoms. The van der Waals surface area contributed by atoms with Crippen molar-refractivity contribution < 1.29 is 57.9 Å². The lowest BCUT2D eigenvalue weighted by atomic mass is 9.92. The predicted octanol–water partition coefficient (Wildman–Crippen LogP) is 9.95. The van der Waals surface area contributed by atoms with E-state index < -0.39 is 33.6 Å². The minimum atomic E-state index is -4.53. The highest BCUT2D eigenvalue weighted by atomic mass is 32.2. The molecule has 10 rings (SSSR count). The normalized spacial score (nSPS) is 18.1. The molecular weight excluding hydrogens is 1010 g/mol. The first-order valence-corrected chi connectivity index (χ1v) is 25.3. The molecule has 1 unspecified atom stereocenters. The average molecular weight is 1070 g/mol. The summed E-state index contributed by atoms with van der Waals surface area (Å²) in [6, 6.07) is 22.9. The number of hydrogen-bond acceptors (Lipinski definition) is 17. The van der Waals surface area contributed by atoms with Crippen molar-refractivity contribution in [2.24, 2.45) is 0 Å². The molecule has 6 heterocycles. The third-order valence-corrected chi connectivity index (χ3v) is 12.5. The zero-order valence-corrected chi connectivity index (χ0v) is 40.8. The van der Waals surface area contributed by atoms with Crippen molar-refractivity contribution >= 4 is 43.8 Å². The number of anilines is 2. The van der Waals surface area contributed by atoms with Crippen LogP contribution in [0.4, 0.5) is 38.0 Å². The molecular formula is C49H50F6N12O7S. The van der Waals surface area contributed by atoms with Gasteiger partial charge >= 0.3 is 12.4 Å². The number of aromatic nitrogens is 10. The molecule has 0 bridgehead atoms. The Bertz CT molecular complexity index is 3260. The molecule has 26 heteroatoms. The van der Waals surface area contributed by atoms with Crippen LogP contribution in [0.2, 0.25) is 0 Å². The number of rotatable bonds is 13. The van der Waals surface area contributed by atoms with Gasteiger partial charge in [-0.2, -0.15) is 34.8 Å². The number of nitrogens with two attached hydrogens (primary N) is 2. The Hall–Kier alpha value is -7.55. The van der Waals surface area contributed by atoms with Crippen LogP contribution >= 0.6 is 0 Å². The Morgan fingerprint density at radius 1 is 0.627 bits per heavy atom. The standard InChI is InChI=1S/C24H23F3N6O2.C14H20O4S.C11H7F3N6O/c25-24(26,27)16-10-11-29-19(12-16)35-23-20-21(28)30-14-31-22(20)33(32-23)17-8-4-5-9-18(17)34-13-15-6-2-1-3-7-15;1-19(15,16)18-14-10-6-5-9-13(14)17-11-12-7-3-2-4-8-12;12-11(13,14)5-1-2-16-6(3-5)21-10-7-8(15)17-4-18-9(7)19-20-10/h1-3,6-7,10-12,14,17-18H,4-5,8-9,13H2,(H2,28,30,31);2-4,7-8,13-14H,5-6,9-11H2,1H3;1-4H,(H3,15,17,18,19,20)/t17?,18-;13-,14+;/m11./s1. The van der Waals surface area contributed by atoms with Gasteiger partial charge in [-0.05, 0) is 48.9 Å². The van der Waals surface area contributed by atoms with Gasteiger partial charge in [0.2, 0.25) is 11.8 Å². The first kappa shape index (κ1) is 53.7. The van der Waals surface area contributed by atoms with Crippen LogP contribution in [0, 0.1) is 0 Å². The lowest BCUT2D eigenvalue weighted by Crippen LogP contribution is -2.36. The quantitative estimate of drug-likeness (QED) is 0.0717. The highest BCUT2D eigenvalue weighted by Crippen LogP contribution is 2.39. The summed E-state index contributed by atoms with van der Waals surface area (Å²) in [5, 5.41) is 11.5. The molecule has 19 nitrogen and oxygen atoms in total. The molecule has 396 valence electrons. The fraction of sp³-hybridized carbons (Fsp3) is 0.347. The first-order valence-electron chi connectivity index (χ1n) is 23.4. The van der Waals surface area contributed by atoms with Gasteiger partial charge in [0.25, 0.3) is 21.9 Å². The molecule has 75 heavy (non-hydrogen) atoms. The summed E-state index contributed by atoms with van der Waals surface area (Å²) in [7, 11) is -3.42. The van der Waals surface area contributed by atoms with Crippen molar-refractivity contribution in [1.82, 2.24) is 49.9 Å². The van der Waals surface area contributed by atoms with Crippen LogP contribution in [0.25, 0.3) is 22.1 Å². The lowest BCUT2D eigenvalue weighted by Gasteiger charge is -2.31. The highest BCUT2D eigenvalue weighted by Gasteiger charge is 2.35. The van der Waals surface area contributed by atoms with E-state index in [1.54, 1.807) is 4.68 Å². The fourth-order valence-corrected chi connectivity index (χ4v) is 9.04. The van der Waals surface area contributed by atoms with Crippen molar-refractivity contribution in [3.63, 3.8) is 0 Å². The zero-order chi connectivity index (χ0) is 53.2. The maximum Gasteiger partial charge on any atom is 0.416 e. The van der Waals surface area contributed by atoms with Crippen LogP contribution in [0.3, 0.4) is 0 Å². The third-order valence-electron chi connectivity index (χ3n) is 11.9. The van der Waals surface area contributed by atoms with Crippen LogP contribution in [-0.2, 0) is 49.3 Å². The molecule has 6 aromatic heterocycles. The van der Waals surface area contributed by atoms with E-state index in [1.165, 1.54) is 12.7 Å². The van der Waals surface area contributed by atoms with Crippen LogP contribution in [0.1, 0.15) is 79.7 Å². The van der Waals surface area contributed by atoms with Gasteiger partial charge in [-0.25, -0.2) is 34.6 Å². The Labute approximate surface area is 425 Å². The van der Waals surface area contributed by atoms with Crippen LogP contribution in [-0.4, -0.2) is 82.9 Å². The lowest BCUT2D eigenvalue weighted by molar-refractivity contribution is -0.138. The van der Waals surface area contributed by atoms with E-state index in [2.05, 4.69) is 45.2 Å².